The Balaban J connectivity index is 2.43. The zero-order chi connectivity index (χ0) is 34.4. The molecule has 2 fully saturated rings. The number of hydrogen-bond donors (Lipinski definition) is 11. The topological polar surface area (TPSA) is 278 Å². The highest BCUT2D eigenvalue weighted by Gasteiger charge is 2.53. The second-order valence-electron chi connectivity index (χ2n) is 13.2. The van der Waals surface area contributed by atoms with Crippen molar-refractivity contribution in [3.63, 3.8) is 0 Å². The molecule has 17 heteroatoms. The van der Waals surface area contributed by atoms with Gasteiger partial charge >= 0.3 is 0 Å². The van der Waals surface area contributed by atoms with Gasteiger partial charge in [-0.25, -0.2) is 0 Å². The highest BCUT2D eigenvalue weighted by molar-refractivity contribution is 4.96. The molecule has 15 atom stereocenters. The molecule has 2 heterocycles. The van der Waals surface area contributed by atoms with Crippen LogP contribution in [0.4, 0.5) is 0 Å². The Labute approximate surface area is 262 Å². The fourth-order valence-corrected chi connectivity index (χ4v) is 5.56. The van der Waals surface area contributed by atoms with E-state index < -0.39 is 123 Å². The predicted octanol–water partition coefficient (Wildman–Crippen LogP) is -4.48. The fraction of sp³-hybridized carbons (Fsp3) is 1.00. The molecule has 15 unspecified atom stereocenters. The zero-order valence-corrected chi connectivity index (χ0v) is 26.6. The van der Waals surface area contributed by atoms with Crippen LogP contribution in [0.15, 0.2) is 0 Å². The van der Waals surface area contributed by atoms with Crippen LogP contribution in [0, 0.1) is 11.3 Å². The number of aliphatic hydroxyl groups is 11. The van der Waals surface area contributed by atoms with E-state index in [9.17, 15) is 56.2 Å². The lowest BCUT2D eigenvalue weighted by molar-refractivity contribution is -0.391. The summed E-state index contributed by atoms with van der Waals surface area (Å²) in [4.78, 5) is 0. The first-order valence-electron chi connectivity index (χ1n) is 14.9. The highest BCUT2D eigenvalue weighted by atomic mass is 16.8. The number of methoxy groups -OCH3 is 1. The molecule has 0 saturated carbocycles. The van der Waals surface area contributed by atoms with Gasteiger partial charge in [-0.3, -0.25) is 0 Å². The van der Waals surface area contributed by atoms with Crippen molar-refractivity contribution in [3.05, 3.63) is 0 Å². The van der Waals surface area contributed by atoms with Gasteiger partial charge < -0.3 is 84.6 Å². The normalized spacial score (nSPS) is 36.7. The lowest BCUT2D eigenvalue weighted by atomic mass is 9.82. The Morgan fingerprint density at radius 2 is 1.22 bits per heavy atom. The molecule has 0 aromatic carbocycles. The Kier molecular flexibility index (Phi) is 15.4. The van der Waals surface area contributed by atoms with Crippen LogP contribution in [-0.2, 0) is 28.4 Å². The Hall–Kier alpha value is -0.680. The lowest BCUT2D eigenvalue weighted by Gasteiger charge is -2.49. The summed E-state index contributed by atoms with van der Waals surface area (Å²) in [7, 11) is 1.07. The number of rotatable bonds is 17. The standard InChI is InChI=1S/C28H54O17/c1-12(7-29)15(33)18(36)21(39)24(40-6)43-22-19(37)16(34)13(8-30)41-25(22)44-23-20(38)17(35)14(9-31)42-26(23)45-28(4,5)10-27(2,3)11-32/h12-26,29-39H,7-11H2,1-6H3. The SMILES string of the molecule is COC(OC1C(OC2C(OC(C)(C)CC(C)(C)CO)OC(CO)C(O)C2O)OC(CO)C(O)C1O)C(O)C(O)C(O)C(C)CO. The van der Waals surface area contributed by atoms with Crippen molar-refractivity contribution in [2.24, 2.45) is 11.3 Å². The van der Waals surface area contributed by atoms with Crippen LogP contribution in [0.1, 0.15) is 41.0 Å². The van der Waals surface area contributed by atoms with Gasteiger partial charge in [-0.2, -0.15) is 0 Å². The minimum absolute atomic E-state index is 0.180. The van der Waals surface area contributed by atoms with E-state index in [2.05, 4.69) is 0 Å². The number of hydrogen-bond acceptors (Lipinski definition) is 17. The second kappa shape index (κ2) is 17.1. The maximum Gasteiger partial charge on any atom is 0.187 e. The number of aliphatic hydroxyl groups excluding tert-OH is 11. The van der Waals surface area contributed by atoms with E-state index in [1.807, 2.05) is 0 Å². The highest BCUT2D eigenvalue weighted by Crippen LogP contribution is 2.36. The van der Waals surface area contributed by atoms with Gasteiger partial charge in [0, 0.05) is 26.2 Å². The molecule has 0 radical (unpaired) electrons. The molecule has 17 nitrogen and oxygen atoms in total. The van der Waals surface area contributed by atoms with E-state index in [0.29, 0.717) is 0 Å². The van der Waals surface area contributed by atoms with Crippen molar-refractivity contribution < 1.29 is 84.6 Å². The van der Waals surface area contributed by atoms with E-state index in [1.54, 1.807) is 27.7 Å². The third-order valence-electron chi connectivity index (χ3n) is 8.08. The monoisotopic (exact) mass is 662 g/mol. The summed E-state index contributed by atoms with van der Waals surface area (Å²) in [5.41, 5.74) is -1.65. The van der Waals surface area contributed by atoms with Gasteiger partial charge in [0.1, 0.15) is 61.0 Å². The van der Waals surface area contributed by atoms with Crippen molar-refractivity contribution in [3.8, 4) is 0 Å². The van der Waals surface area contributed by atoms with E-state index >= 15 is 0 Å². The molecular formula is C28H54O17. The van der Waals surface area contributed by atoms with Gasteiger partial charge in [-0.15, -0.1) is 0 Å². The van der Waals surface area contributed by atoms with Crippen molar-refractivity contribution in [2.75, 3.05) is 33.5 Å². The molecule has 2 aliphatic heterocycles. The molecule has 45 heavy (non-hydrogen) atoms. The van der Waals surface area contributed by atoms with Gasteiger partial charge in [0.15, 0.2) is 18.9 Å². The van der Waals surface area contributed by atoms with Crippen molar-refractivity contribution in [2.45, 2.75) is 133 Å². The molecular weight excluding hydrogens is 608 g/mol. The van der Waals surface area contributed by atoms with Crippen LogP contribution in [0.5, 0.6) is 0 Å². The average molecular weight is 663 g/mol. The van der Waals surface area contributed by atoms with Gasteiger partial charge in [-0.1, -0.05) is 20.8 Å². The van der Waals surface area contributed by atoms with Gasteiger partial charge in [0.25, 0.3) is 0 Å². The maximum atomic E-state index is 11.1. The average Bonchev–Trinajstić information content (AvgIpc) is 2.99. The minimum Gasteiger partial charge on any atom is -0.396 e. The van der Waals surface area contributed by atoms with Crippen LogP contribution < -0.4 is 0 Å². The molecule has 0 aromatic rings. The van der Waals surface area contributed by atoms with Crippen LogP contribution in [0.2, 0.25) is 0 Å². The summed E-state index contributed by atoms with van der Waals surface area (Å²) in [6, 6.07) is 0. The van der Waals surface area contributed by atoms with Crippen molar-refractivity contribution in [1.29, 1.82) is 0 Å². The van der Waals surface area contributed by atoms with Crippen molar-refractivity contribution in [1.82, 2.24) is 0 Å². The quantitative estimate of drug-likeness (QED) is 0.0655. The zero-order valence-electron chi connectivity index (χ0n) is 26.6. The summed E-state index contributed by atoms with van der Waals surface area (Å²) < 4.78 is 34.4. The van der Waals surface area contributed by atoms with E-state index in [4.69, 9.17) is 28.4 Å². The summed E-state index contributed by atoms with van der Waals surface area (Å²) >= 11 is 0. The summed E-state index contributed by atoms with van der Waals surface area (Å²) in [6.07, 6.45) is -23.5. The molecule has 0 bridgehead atoms. The van der Waals surface area contributed by atoms with E-state index in [1.165, 1.54) is 6.92 Å². The van der Waals surface area contributed by atoms with E-state index in [0.717, 1.165) is 7.11 Å². The molecule has 268 valence electrons. The van der Waals surface area contributed by atoms with Crippen LogP contribution >= 0.6 is 0 Å². The molecule has 0 amide bonds. The molecule has 2 aliphatic rings. The summed E-state index contributed by atoms with van der Waals surface area (Å²) in [5.74, 6) is -0.856. The van der Waals surface area contributed by atoms with Crippen LogP contribution in [0.25, 0.3) is 0 Å². The first kappa shape index (κ1) is 40.5. The second-order valence-corrected chi connectivity index (χ2v) is 13.2. The molecule has 0 spiro atoms. The molecule has 11 N–H and O–H groups in total. The third-order valence-corrected chi connectivity index (χ3v) is 8.08. The molecule has 2 saturated heterocycles. The van der Waals surface area contributed by atoms with Crippen molar-refractivity contribution >= 4 is 0 Å². The van der Waals surface area contributed by atoms with Crippen LogP contribution in [-0.4, -0.2) is 181 Å². The number of ether oxygens (including phenoxy) is 6. The Morgan fingerprint density at radius 3 is 1.69 bits per heavy atom. The van der Waals surface area contributed by atoms with Gasteiger partial charge in [0.05, 0.1) is 24.9 Å². The first-order valence-corrected chi connectivity index (χ1v) is 14.9. The molecule has 2 rings (SSSR count). The predicted molar refractivity (Wildman–Crippen MR) is 151 cm³/mol. The summed E-state index contributed by atoms with van der Waals surface area (Å²) in [6.45, 7) is 6.17. The largest absolute Gasteiger partial charge is 0.396 e. The van der Waals surface area contributed by atoms with Gasteiger partial charge in [0.2, 0.25) is 0 Å². The summed E-state index contributed by atoms with van der Waals surface area (Å²) in [5, 5.41) is 113. The Morgan fingerprint density at radius 1 is 0.711 bits per heavy atom. The minimum atomic E-state index is -1.97. The van der Waals surface area contributed by atoms with E-state index in [-0.39, 0.29) is 13.0 Å². The Bertz CT molecular complexity index is 863. The van der Waals surface area contributed by atoms with Gasteiger partial charge in [-0.05, 0) is 25.7 Å². The van der Waals surface area contributed by atoms with Crippen LogP contribution in [0.3, 0.4) is 0 Å². The maximum absolute atomic E-state index is 11.1. The third kappa shape index (κ3) is 10.2. The first-order chi connectivity index (χ1) is 20.9. The molecule has 0 aromatic heterocycles. The molecule has 0 aliphatic carbocycles. The lowest BCUT2D eigenvalue weighted by Crippen LogP contribution is -2.66. The smallest absolute Gasteiger partial charge is 0.187 e. The fourth-order valence-electron chi connectivity index (χ4n) is 5.56.